The van der Waals surface area contributed by atoms with Gasteiger partial charge < -0.3 is 15.9 Å². The molecule has 0 bridgehead atoms. The van der Waals surface area contributed by atoms with E-state index in [1.54, 1.807) is 0 Å². The van der Waals surface area contributed by atoms with Gasteiger partial charge in [0.25, 0.3) is 0 Å². The number of rotatable bonds is 8. The van der Waals surface area contributed by atoms with Gasteiger partial charge in [-0.05, 0) is 6.42 Å². The van der Waals surface area contributed by atoms with Crippen molar-refractivity contribution in [2.75, 3.05) is 6.61 Å². The quantitative estimate of drug-likeness (QED) is 0.348. The van der Waals surface area contributed by atoms with Gasteiger partial charge in [0.1, 0.15) is 0 Å². The Balaban J connectivity index is -0.000000720. The third kappa shape index (κ3) is 21.0. The molecular formula is C8H23NNaO4P. The first-order valence-corrected chi connectivity index (χ1v) is 6.29. The summed E-state index contributed by atoms with van der Waals surface area (Å²) in [4.78, 5) is 16.7. The average Bonchev–Trinajstić information content (AvgIpc) is 2.01. The van der Waals surface area contributed by atoms with Gasteiger partial charge in [-0.1, -0.05) is 39.0 Å². The molecule has 0 spiro atoms. The van der Waals surface area contributed by atoms with Crippen LogP contribution >= 0.6 is 7.82 Å². The summed E-state index contributed by atoms with van der Waals surface area (Å²) in [7, 11) is -4.23. The predicted molar refractivity (Wildman–Crippen MR) is 63.5 cm³/mol. The van der Waals surface area contributed by atoms with Gasteiger partial charge in [-0.25, -0.2) is 4.57 Å². The molecule has 0 amide bonds. The van der Waals surface area contributed by atoms with E-state index in [9.17, 15) is 4.57 Å². The summed E-state index contributed by atoms with van der Waals surface area (Å²) in [6.45, 7) is 2.31. The summed E-state index contributed by atoms with van der Waals surface area (Å²) in [6, 6.07) is 0. The minimum atomic E-state index is -4.23. The Morgan fingerprint density at radius 1 is 1.07 bits per heavy atom. The monoisotopic (exact) mass is 251 g/mol. The molecule has 0 aliphatic rings. The second-order valence-electron chi connectivity index (χ2n) is 3.09. The van der Waals surface area contributed by atoms with Gasteiger partial charge in [-0.15, -0.1) is 0 Å². The summed E-state index contributed by atoms with van der Waals surface area (Å²) < 4.78 is 14.5. The van der Waals surface area contributed by atoms with Crippen molar-refractivity contribution in [3.63, 3.8) is 0 Å². The molecule has 15 heavy (non-hydrogen) atoms. The number of phosphoric acid groups is 1. The van der Waals surface area contributed by atoms with Crippen LogP contribution < -0.4 is 6.15 Å². The fourth-order valence-corrected chi connectivity index (χ4v) is 1.43. The van der Waals surface area contributed by atoms with Crippen LogP contribution in [0.15, 0.2) is 0 Å². The Hall–Kier alpha value is 1.07. The van der Waals surface area contributed by atoms with Crippen molar-refractivity contribution in [3.05, 3.63) is 0 Å². The molecule has 0 saturated heterocycles. The third-order valence-electron chi connectivity index (χ3n) is 1.76. The Kier molecular flexibility index (Phi) is 18.7. The predicted octanol–water partition coefficient (Wildman–Crippen LogP) is 1.97. The van der Waals surface area contributed by atoms with Crippen LogP contribution in [-0.2, 0) is 9.09 Å². The third-order valence-corrected chi connectivity index (χ3v) is 2.28. The van der Waals surface area contributed by atoms with Crippen molar-refractivity contribution in [1.82, 2.24) is 6.15 Å². The minimum absolute atomic E-state index is 0. The molecule has 5 N–H and O–H groups in total. The van der Waals surface area contributed by atoms with E-state index in [2.05, 4.69) is 11.4 Å². The van der Waals surface area contributed by atoms with Gasteiger partial charge in [0.15, 0.2) is 0 Å². The van der Waals surface area contributed by atoms with Crippen LogP contribution in [0.25, 0.3) is 0 Å². The summed E-state index contributed by atoms with van der Waals surface area (Å²) >= 11 is 0. The maximum atomic E-state index is 10.2. The first kappa shape index (κ1) is 21.4. The van der Waals surface area contributed by atoms with Crippen LogP contribution in [0.2, 0.25) is 0 Å². The average molecular weight is 251 g/mol. The molecule has 0 atom stereocenters. The summed E-state index contributed by atoms with van der Waals surface area (Å²) in [5.74, 6) is 0. The normalized spacial score (nSPS) is 10.3. The molecule has 0 fully saturated rings. The van der Waals surface area contributed by atoms with Gasteiger partial charge in [0.05, 0.1) is 6.61 Å². The van der Waals surface area contributed by atoms with Crippen molar-refractivity contribution in [3.8, 4) is 0 Å². The van der Waals surface area contributed by atoms with Gasteiger partial charge >= 0.3 is 37.4 Å². The summed E-state index contributed by atoms with van der Waals surface area (Å²) in [5.41, 5.74) is 0. The van der Waals surface area contributed by atoms with Crippen molar-refractivity contribution in [1.29, 1.82) is 0 Å². The zero-order valence-electron chi connectivity index (χ0n) is 8.81. The van der Waals surface area contributed by atoms with Crippen molar-refractivity contribution >= 4 is 37.4 Å². The van der Waals surface area contributed by atoms with Gasteiger partial charge in [-0.3, -0.25) is 4.52 Å². The molecule has 5 nitrogen and oxygen atoms in total. The molecule has 0 aliphatic heterocycles. The van der Waals surface area contributed by atoms with E-state index in [1.807, 2.05) is 0 Å². The molecule has 0 radical (unpaired) electrons. The Morgan fingerprint density at radius 3 is 2.00 bits per heavy atom. The van der Waals surface area contributed by atoms with Gasteiger partial charge in [-0.2, -0.15) is 0 Å². The number of hydrogen-bond acceptors (Lipinski definition) is 3. The molecule has 0 aromatic rings. The molecule has 0 aromatic heterocycles. The molecule has 90 valence electrons. The maximum absolute atomic E-state index is 10.2. The standard InChI is InChI=1S/C8H19O4P.H3N.Na.H/c1-2-3-4-5-6-7-8-12-13(9,10)11;;;/h2-8H2,1H3,(H2,9,10,11);1H3;;. The fourth-order valence-electron chi connectivity index (χ4n) is 1.07. The van der Waals surface area contributed by atoms with E-state index in [4.69, 9.17) is 9.79 Å². The van der Waals surface area contributed by atoms with E-state index in [-0.39, 0.29) is 42.3 Å². The molecule has 0 aromatic carbocycles. The first-order chi connectivity index (χ1) is 6.06. The number of phosphoric ester groups is 1. The second-order valence-corrected chi connectivity index (χ2v) is 4.33. The van der Waals surface area contributed by atoms with Crippen LogP contribution in [0.5, 0.6) is 0 Å². The summed E-state index contributed by atoms with van der Waals surface area (Å²) in [5, 5.41) is 0. The van der Waals surface area contributed by atoms with E-state index >= 15 is 0 Å². The second kappa shape index (κ2) is 13.1. The molecule has 0 aliphatic carbocycles. The van der Waals surface area contributed by atoms with Crippen molar-refractivity contribution in [2.45, 2.75) is 45.4 Å². The van der Waals surface area contributed by atoms with E-state index in [0.29, 0.717) is 0 Å². The van der Waals surface area contributed by atoms with Crippen LogP contribution in [0.4, 0.5) is 0 Å². The zero-order chi connectivity index (χ0) is 10.2. The first-order valence-electron chi connectivity index (χ1n) is 4.76. The Labute approximate surface area is 114 Å². The molecule has 0 saturated carbocycles. The number of hydrogen-bond donors (Lipinski definition) is 3. The van der Waals surface area contributed by atoms with Gasteiger partial charge in [0.2, 0.25) is 0 Å². The Morgan fingerprint density at radius 2 is 1.53 bits per heavy atom. The van der Waals surface area contributed by atoms with Crippen molar-refractivity contribution in [2.24, 2.45) is 0 Å². The fraction of sp³-hybridized carbons (Fsp3) is 1.00. The SMILES string of the molecule is CCCCCCCCOP(=O)(O)O.N.[NaH]. The van der Waals surface area contributed by atoms with E-state index in [0.717, 1.165) is 19.3 Å². The van der Waals surface area contributed by atoms with Crippen LogP contribution in [0.1, 0.15) is 45.4 Å². The Bertz CT molecular complexity index is 165. The topological polar surface area (TPSA) is 102 Å². The molecule has 7 heteroatoms. The molecule has 0 unspecified atom stereocenters. The van der Waals surface area contributed by atoms with Crippen LogP contribution in [0.3, 0.4) is 0 Å². The van der Waals surface area contributed by atoms with E-state index in [1.165, 1.54) is 19.3 Å². The van der Waals surface area contributed by atoms with Crippen LogP contribution in [0, 0.1) is 0 Å². The molecular weight excluding hydrogens is 228 g/mol. The van der Waals surface area contributed by atoms with E-state index < -0.39 is 7.82 Å². The van der Waals surface area contributed by atoms with Gasteiger partial charge in [0, 0.05) is 0 Å². The zero-order valence-corrected chi connectivity index (χ0v) is 9.71. The van der Waals surface area contributed by atoms with Crippen molar-refractivity contribution < 1.29 is 18.9 Å². The number of unbranched alkanes of at least 4 members (excludes halogenated alkanes) is 5. The van der Waals surface area contributed by atoms with Crippen LogP contribution in [-0.4, -0.2) is 46.0 Å². The molecule has 0 heterocycles. The summed E-state index contributed by atoms with van der Waals surface area (Å²) in [6.07, 6.45) is 6.48. The molecule has 0 rings (SSSR count).